The van der Waals surface area contributed by atoms with E-state index in [2.05, 4.69) is 273 Å². The summed E-state index contributed by atoms with van der Waals surface area (Å²) in [6.45, 7) is 6.42. The van der Waals surface area contributed by atoms with E-state index in [1.54, 1.807) is 0 Å². The minimum atomic E-state index is 1.03. The van der Waals surface area contributed by atoms with E-state index in [9.17, 15) is 0 Å². The van der Waals surface area contributed by atoms with E-state index in [-0.39, 0.29) is 0 Å². The average molecular weight is 850 g/mol. The molecule has 0 saturated heterocycles. The molecule has 0 radical (unpaired) electrons. The minimum absolute atomic E-state index is 1.03. The smallest absolute Gasteiger partial charge is 0.0463 e. The van der Waals surface area contributed by atoms with Crippen molar-refractivity contribution in [3.8, 4) is 66.8 Å². The first kappa shape index (κ1) is 41.6. The Hall–Kier alpha value is -8.40. The van der Waals surface area contributed by atoms with Crippen molar-refractivity contribution < 1.29 is 0 Å². The first-order valence-electron chi connectivity index (χ1n) is 22.7. The van der Waals surface area contributed by atoms with Crippen LogP contribution in [0.1, 0.15) is 16.7 Å². The van der Waals surface area contributed by atoms with Crippen molar-refractivity contribution in [1.29, 1.82) is 0 Å². The van der Waals surface area contributed by atoms with Gasteiger partial charge in [0.05, 0.1) is 0 Å². The average Bonchev–Trinajstić information content (AvgIpc) is 3.35. The molecule has 318 valence electrons. The van der Waals surface area contributed by atoms with E-state index in [4.69, 9.17) is 0 Å². The van der Waals surface area contributed by atoms with Gasteiger partial charge in [0.15, 0.2) is 0 Å². The summed E-state index contributed by atoms with van der Waals surface area (Å²) < 4.78 is 0. The molecule has 0 aliphatic heterocycles. The molecular weight excluding hydrogens is 799 g/mol. The number of anilines is 6. The Kier molecular flexibility index (Phi) is 11.8. The normalized spacial score (nSPS) is 11.0. The molecule has 0 fully saturated rings. The van der Waals surface area contributed by atoms with E-state index >= 15 is 0 Å². The highest BCUT2D eigenvalue weighted by Crippen LogP contribution is 2.42. The topological polar surface area (TPSA) is 36.1 Å². The summed E-state index contributed by atoms with van der Waals surface area (Å²) in [6, 6.07) is 84.8. The molecular formula is C63H51N3. The van der Waals surface area contributed by atoms with Crippen LogP contribution in [-0.4, -0.2) is 0 Å². The third-order valence-electron chi connectivity index (χ3n) is 12.2. The van der Waals surface area contributed by atoms with Crippen LogP contribution in [0.3, 0.4) is 0 Å². The Bertz CT molecular complexity index is 3140. The molecule has 0 atom stereocenters. The Morgan fingerprint density at radius 3 is 0.848 bits per heavy atom. The first-order chi connectivity index (χ1) is 32.4. The SMILES string of the molecule is Cc1cccc(-c2ccccc2Nc2ccc(-c3cccc(-c4ccc(Nc5ccccc5-c5cccc(C)c5)cc4)c3-c3ccc(Nc4ccccc4-c4cccc(C)c4)cc3)cc2)c1. The fraction of sp³-hybridized carbons (Fsp3) is 0.0476. The first-order valence-corrected chi connectivity index (χ1v) is 22.7. The summed E-state index contributed by atoms with van der Waals surface area (Å²) >= 11 is 0. The van der Waals surface area contributed by atoms with E-state index in [1.807, 2.05) is 0 Å². The van der Waals surface area contributed by atoms with Crippen LogP contribution < -0.4 is 16.0 Å². The van der Waals surface area contributed by atoms with Crippen LogP contribution in [0.15, 0.2) is 237 Å². The zero-order valence-corrected chi connectivity index (χ0v) is 37.5. The van der Waals surface area contributed by atoms with Gasteiger partial charge >= 0.3 is 0 Å². The number of hydrogen-bond acceptors (Lipinski definition) is 3. The van der Waals surface area contributed by atoms with Gasteiger partial charge in [-0.25, -0.2) is 0 Å². The van der Waals surface area contributed by atoms with Crippen molar-refractivity contribution in [3.63, 3.8) is 0 Å². The lowest BCUT2D eigenvalue weighted by Gasteiger charge is -2.18. The van der Waals surface area contributed by atoms with Crippen LogP contribution in [0.2, 0.25) is 0 Å². The van der Waals surface area contributed by atoms with E-state index in [1.165, 1.54) is 66.8 Å². The van der Waals surface area contributed by atoms with Crippen molar-refractivity contribution in [2.24, 2.45) is 0 Å². The quantitative estimate of drug-likeness (QED) is 0.115. The van der Waals surface area contributed by atoms with Gasteiger partial charge in [-0.1, -0.05) is 199 Å². The van der Waals surface area contributed by atoms with Crippen LogP contribution in [0.25, 0.3) is 66.8 Å². The molecule has 10 aromatic carbocycles. The van der Waals surface area contributed by atoms with Gasteiger partial charge in [-0.15, -0.1) is 0 Å². The van der Waals surface area contributed by atoms with Crippen molar-refractivity contribution in [1.82, 2.24) is 0 Å². The maximum atomic E-state index is 3.73. The Balaban J connectivity index is 0.993. The highest BCUT2D eigenvalue weighted by atomic mass is 14.9. The van der Waals surface area contributed by atoms with E-state index in [0.717, 1.165) is 50.8 Å². The third kappa shape index (κ3) is 9.15. The number of rotatable bonds is 12. The summed E-state index contributed by atoms with van der Waals surface area (Å²) in [7, 11) is 0. The Labute approximate surface area is 389 Å². The molecule has 0 unspecified atom stereocenters. The zero-order valence-electron chi connectivity index (χ0n) is 37.5. The number of para-hydroxylation sites is 3. The van der Waals surface area contributed by atoms with Crippen molar-refractivity contribution in [3.05, 3.63) is 253 Å². The molecule has 10 aromatic rings. The standard InChI is InChI=1S/C63H51N3/c1-43-14-10-17-49(40-43)55-20-4-7-25-60(55)64-52-34-28-46(29-35-52)58-23-13-24-59(47-30-36-53(37-31-47)65-61-26-8-5-21-56(61)50-18-11-15-44(2)41-50)63(58)48-32-38-54(39-33-48)66-62-27-9-6-22-57(62)51-19-12-16-45(3)42-51/h4-42,64-66H,1-3H3. The molecule has 0 heterocycles. The summed E-state index contributed by atoms with van der Waals surface area (Å²) in [6.07, 6.45) is 0. The predicted octanol–water partition coefficient (Wildman–Crippen LogP) is 17.8. The fourth-order valence-corrected chi connectivity index (χ4v) is 8.97. The lowest BCUT2D eigenvalue weighted by Crippen LogP contribution is -1.96. The molecule has 0 aromatic heterocycles. The second-order valence-corrected chi connectivity index (χ2v) is 17.1. The zero-order chi connectivity index (χ0) is 44.8. The summed E-state index contributed by atoms with van der Waals surface area (Å²) in [4.78, 5) is 0. The van der Waals surface area contributed by atoms with Gasteiger partial charge in [0.2, 0.25) is 0 Å². The molecule has 0 aliphatic rings. The fourth-order valence-electron chi connectivity index (χ4n) is 8.97. The highest BCUT2D eigenvalue weighted by Gasteiger charge is 2.16. The van der Waals surface area contributed by atoms with Gasteiger partial charge in [-0.3, -0.25) is 0 Å². The second-order valence-electron chi connectivity index (χ2n) is 17.1. The van der Waals surface area contributed by atoms with E-state index in [0.29, 0.717) is 0 Å². The molecule has 3 heteroatoms. The number of nitrogens with one attached hydrogen (secondary N) is 3. The van der Waals surface area contributed by atoms with Crippen molar-refractivity contribution in [2.75, 3.05) is 16.0 Å². The van der Waals surface area contributed by atoms with Gasteiger partial charge < -0.3 is 16.0 Å². The molecule has 10 rings (SSSR count). The molecule has 0 spiro atoms. The predicted molar refractivity (Wildman–Crippen MR) is 282 cm³/mol. The molecule has 0 saturated carbocycles. The number of aryl methyl sites for hydroxylation is 3. The van der Waals surface area contributed by atoms with Crippen LogP contribution in [0.5, 0.6) is 0 Å². The Morgan fingerprint density at radius 2 is 0.515 bits per heavy atom. The van der Waals surface area contributed by atoms with Gasteiger partial charge in [0.25, 0.3) is 0 Å². The monoisotopic (exact) mass is 849 g/mol. The number of hydrogen-bond donors (Lipinski definition) is 3. The maximum absolute atomic E-state index is 3.73. The van der Waals surface area contributed by atoms with Crippen LogP contribution in [0.4, 0.5) is 34.1 Å². The Morgan fingerprint density at radius 1 is 0.227 bits per heavy atom. The molecule has 0 aliphatic carbocycles. The van der Waals surface area contributed by atoms with Gasteiger partial charge in [-0.2, -0.15) is 0 Å². The van der Waals surface area contributed by atoms with Crippen LogP contribution in [-0.2, 0) is 0 Å². The summed E-state index contributed by atoms with van der Waals surface area (Å²) in [5, 5.41) is 11.2. The molecule has 0 amide bonds. The summed E-state index contributed by atoms with van der Waals surface area (Å²) in [5.74, 6) is 0. The minimum Gasteiger partial charge on any atom is -0.355 e. The van der Waals surface area contributed by atoms with Crippen molar-refractivity contribution >= 4 is 34.1 Å². The number of benzene rings is 10. The van der Waals surface area contributed by atoms with Crippen LogP contribution >= 0.6 is 0 Å². The van der Waals surface area contributed by atoms with Gasteiger partial charge in [0.1, 0.15) is 0 Å². The van der Waals surface area contributed by atoms with Gasteiger partial charge in [0, 0.05) is 50.8 Å². The lowest BCUT2D eigenvalue weighted by molar-refractivity contribution is 1.46. The van der Waals surface area contributed by atoms with Gasteiger partial charge in [-0.05, 0) is 125 Å². The molecule has 3 N–H and O–H groups in total. The maximum Gasteiger partial charge on any atom is 0.0463 e. The highest BCUT2D eigenvalue weighted by molar-refractivity contribution is 5.96. The molecule has 3 nitrogen and oxygen atoms in total. The third-order valence-corrected chi connectivity index (χ3v) is 12.2. The molecule has 66 heavy (non-hydrogen) atoms. The van der Waals surface area contributed by atoms with Crippen LogP contribution in [0, 0.1) is 20.8 Å². The van der Waals surface area contributed by atoms with E-state index < -0.39 is 0 Å². The second kappa shape index (κ2) is 18.8. The molecule has 0 bridgehead atoms. The lowest BCUT2D eigenvalue weighted by atomic mass is 9.87. The summed E-state index contributed by atoms with van der Waals surface area (Å²) in [5.41, 5.74) is 24.1. The van der Waals surface area contributed by atoms with Crippen molar-refractivity contribution in [2.45, 2.75) is 20.8 Å². The largest absolute Gasteiger partial charge is 0.355 e.